The van der Waals surface area contributed by atoms with Gasteiger partial charge in [0.05, 0.1) is 0 Å². The van der Waals surface area contributed by atoms with E-state index in [2.05, 4.69) is 33.0 Å². The van der Waals surface area contributed by atoms with Gasteiger partial charge >= 0.3 is 0 Å². The molecule has 0 fully saturated rings. The molecule has 0 rings (SSSR count). The van der Waals surface area contributed by atoms with E-state index in [9.17, 15) is 0 Å². The molecule has 0 amide bonds. The van der Waals surface area contributed by atoms with Crippen molar-refractivity contribution in [3.63, 3.8) is 0 Å². The van der Waals surface area contributed by atoms with E-state index < -0.39 is 0 Å². The minimum absolute atomic E-state index is 0.506. The van der Waals surface area contributed by atoms with Crippen LogP contribution < -0.4 is 5.32 Å². The van der Waals surface area contributed by atoms with Crippen LogP contribution in [0, 0.1) is 5.41 Å². The predicted molar refractivity (Wildman–Crippen MR) is 56.5 cm³/mol. The van der Waals surface area contributed by atoms with Gasteiger partial charge in [0.25, 0.3) is 0 Å². The standard InChI is InChI=1S/C11H25N/c1-5-6-9-12-10-7-8-11(2,3)4/h12H,5-10H2,1-4H3. The topological polar surface area (TPSA) is 12.0 Å². The molecule has 0 spiro atoms. The first-order valence-corrected chi connectivity index (χ1v) is 5.27. The lowest BCUT2D eigenvalue weighted by atomic mass is 9.91. The molecule has 0 saturated carbocycles. The molecule has 0 aliphatic rings. The van der Waals surface area contributed by atoms with Crippen LogP contribution in [0.1, 0.15) is 53.4 Å². The van der Waals surface area contributed by atoms with E-state index in [0.29, 0.717) is 5.41 Å². The second kappa shape index (κ2) is 6.47. The summed E-state index contributed by atoms with van der Waals surface area (Å²) in [6.07, 6.45) is 5.25. The maximum Gasteiger partial charge on any atom is -0.00487 e. The second-order valence-electron chi connectivity index (χ2n) is 4.77. The Morgan fingerprint density at radius 2 is 1.58 bits per heavy atom. The Balaban J connectivity index is 3.01. The monoisotopic (exact) mass is 171 g/mol. The molecular weight excluding hydrogens is 146 g/mol. The predicted octanol–water partition coefficient (Wildman–Crippen LogP) is 3.20. The van der Waals surface area contributed by atoms with Gasteiger partial charge in [-0.1, -0.05) is 34.1 Å². The fourth-order valence-corrected chi connectivity index (χ4v) is 1.17. The Morgan fingerprint density at radius 1 is 1.00 bits per heavy atom. The highest BCUT2D eigenvalue weighted by molar-refractivity contribution is 4.61. The van der Waals surface area contributed by atoms with Crippen LogP contribution in [0.3, 0.4) is 0 Å². The molecule has 0 heterocycles. The van der Waals surface area contributed by atoms with Gasteiger partial charge in [-0.15, -0.1) is 0 Å². The third kappa shape index (κ3) is 9.96. The van der Waals surface area contributed by atoms with E-state index >= 15 is 0 Å². The van der Waals surface area contributed by atoms with E-state index in [1.165, 1.54) is 38.8 Å². The summed E-state index contributed by atoms with van der Waals surface area (Å²) >= 11 is 0. The fraction of sp³-hybridized carbons (Fsp3) is 1.00. The summed E-state index contributed by atoms with van der Waals surface area (Å²) < 4.78 is 0. The maximum absolute atomic E-state index is 3.46. The molecule has 1 N–H and O–H groups in total. The normalized spacial score (nSPS) is 12.0. The second-order valence-corrected chi connectivity index (χ2v) is 4.77. The smallest absolute Gasteiger partial charge is 0.00487 e. The summed E-state index contributed by atoms with van der Waals surface area (Å²) in [5.41, 5.74) is 0.506. The number of hydrogen-bond acceptors (Lipinski definition) is 1. The van der Waals surface area contributed by atoms with Crippen molar-refractivity contribution in [3.05, 3.63) is 0 Å². The highest BCUT2D eigenvalue weighted by Gasteiger charge is 2.08. The Hall–Kier alpha value is -0.0400. The zero-order valence-corrected chi connectivity index (χ0v) is 9.24. The van der Waals surface area contributed by atoms with Gasteiger partial charge in [-0.3, -0.25) is 0 Å². The minimum atomic E-state index is 0.506. The molecule has 0 bridgehead atoms. The third-order valence-corrected chi connectivity index (χ3v) is 1.99. The van der Waals surface area contributed by atoms with Gasteiger partial charge in [0.15, 0.2) is 0 Å². The van der Waals surface area contributed by atoms with Crippen LogP contribution in [0.25, 0.3) is 0 Å². The molecule has 0 aliphatic carbocycles. The van der Waals surface area contributed by atoms with Crippen molar-refractivity contribution in [2.24, 2.45) is 5.41 Å². The lowest BCUT2D eigenvalue weighted by molar-refractivity contribution is 0.361. The Bertz CT molecular complexity index is 91.7. The molecule has 0 aromatic heterocycles. The minimum Gasteiger partial charge on any atom is -0.317 e. The lowest BCUT2D eigenvalue weighted by Crippen LogP contribution is -2.18. The summed E-state index contributed by atoms with van der Waals surface area (Å²) in [6.45, 7) is 11.5. The van der Waals surface area contributed by atoms with Crippen LogP contribution in [-0.4, -0.2) is 13.1 Å². The highest BCUT2D eigenvalue weighted by Crippen LogP contribution is 2.19. The van der Waals surface area contributed by atoms with Crippen molar-refractivity contribution in [2.45, 2.75) is 53.4 Å². The SMILES string of the molecule is CCCCNCCCC(C)(C)C. The fourth-order valence-electron chi connectivity index (χ4n) is 1.17. The first kappa shape index (κ1) is 12.0. The van der Waals surface area contributed by atoms with Crippen LogP contribution >= 0.6 is 0 Å². The van der Waals surface area contributed by atoms with Crippen LogP contribution in [0.2, 0.25) is 0 Å². The molecule has 0 aromatic carbocycles. The van der Waals surface area contributed by atoms with Gasteiger partial charge in [0, 0.05) is 0 Å². The molecule has 0 atom stereocenters. The molecule has 1 heteroatoms. The largest absolute Gasteiger partial charge is 0.317 e. The van der Waals surface area contributed by atoms with E-state index in [1.54, 1.807) is 0 Å². The van der Waals surface area contributed by atoms with E-state index in [0.717, 1.165) is 0 Å². The van der Waals surface area contributed by atoms with E-state index in [1.807, 2.05) is 0 Å². The quantitative estimate of drug-likeness (QED) is 0.605. The zero-order valence-electron chi connectivity index (χ0n) is 9.24. The molecule has 0 radical (unpaired) electrons. The van der Waals surface area contributed by atoms with Gasteiger partial charge in [-0.2, -0.15) is 0 Å². The molecule has 1 nitrogen and oxygen atoms in total. The Kier molecular flexibility index (Phi) is 6.45. The van der Waals surface area contributed by atoms with Gasteiger partial charge < -0.3 is 5.32 Å². The van der Waals surface area contributed by atoms with Crippen molar-refractivity contribution in [1.29, 1.82) is 0 Å². The Labute approximate surface area is 77.9 Å². The van der Waals surface area contributed by atoms with Crippen molar-refractivity contribution in [2.75, 3.05) is 13.1 Å². The highest BCUT2D eigenvalue weighted by atomic mass is 14.8. The number of rotatable bonds is 6. The van der Waals surface area contributed by atoms with E-state index in [4.69, 9.17) is 0 Å². The summed E-state index contributed by atoms with van der Waals surface area (Å²) in [5, 5.41) is 3.46. The summed E-state index contributed by atoms with van der Waals surface area (Å²) in [4.78, 5) is 0. The lowest BCUT2D eigenvalue weighted by Gasteiger charge is -2.17. The van der Waals surface area contributed by atoms with Gasteiger partial charge in [0.1, 0.15) is 0 Å². The molecular formula is C11H25N. The van der Waals surface area contributed by atoms with Gasteiger partial charge in [0.2, 0.25) is 0 Å². The van der Waals surface area contributed by atoms with Crippen LogP contribution in [-0.2, 0) is 0 Å². The first-order chi connectivity index (χ1) is 5.56. The van der Waals surface area contributed by atoms with Crippen molar-refractivity contribution >= 4 is 0 Å². The van der Waals surface area contributed by atoms with Crippen molar-refractivity contribution in [3.8, 4) is 0 Å². The molecule has 0 aromatic rings. The Morgan fingerprint density at radius 3 is 2.08 bits per heavy atom. The van der Waals surface area contributed by atoms with Crippen LogP contribution in [0.5, 0.6) is 0 Å². The number of unbranched alkanes of at least 4 members (excludes halogenated alkanes) is 1. The molecule has 0 saturated heterocycles. The van der Waals surface area contributed by atoms with E-state index in [-0.39, 0.29) is 0 Å². The molecule has 0 aliphatic heterocycles. The number of hydrogen-bond donors (Lipinski definition) is 1. The summed E-state index contributed by atoms with van der Waals surface area (Å²) in [6, 6.07) is 0. The maximum atomic E-state index is 3.46. The molecule has 74 valence electrons. The average Bonchev–Trinajstić information content (AvgIpc) is 1.94. The summed E-state index contributed by atoms with van der Waals surface area (Å²) in [7, 11) is 0. The summed E-state index contributed by atoms with van der Waals surface area (Å²) in [5.74, 6) is 0. The van der Waals surface area contributed by atoms with Gasteiger partial charge in [-0.25, -0.2) is 0 Å². The third-order valence-electron chi connectivity index (χ3n) is 1.99. The average molecular weight is 171 g/mol. The first-order valence-electron chi connectivity index (χ1n) is 5.27. The van der Waals surface area contributed by atoms with Crippen molar-refractivity contribution < 1.29 is 0 Å². The van der Waals surface area contributed by atoms with Crippen LogP contribution in [0.4, 0.5) is 0 Å². The number of nitrogens with one attached hydrogen (secondary N) is 1. The molecule has 12 heavy (non-hydrogen) atoms. The van der Waals surface area contributed by atoms with Gasteiger partial charge in [-0.05, 0) is 37.8 Å². The van der Waals surface area contributed by atoms with Crippen LogP contribution in [0.15, 0.2) is 0 Å². The zero-order chi connectivity index (χ0) is 9.45. The van der Waals surface area contributed by atoms with Crippen molar-refractivity contribution in [1.82, 2.24) is 5.32 Å². The molecule has 0 unspecified atom stereocenters.